The Labute approximate surface area is 174 Å². The quantitative estimate of drug-likeness (QED) is 0.593. The third kappa shape index (κ3) is 4.17. The van der Waals surface area contributed by atoms with Crippen molar-refractivity contribution in [3.8, 4) is 11.5 Å². The number of carbonyl (C=O) groups is 1. The lowest BCUT2D eigenvalue weighted by molar-refractivity contribution is -0.384. The van der Waals surface area contributed by atoms with E-state index in [0.29, 0.717) is 30.4 Å². The predicted octanol–water partition coefficient (Wildman–Crippen LogP) is 3.85. The molecule has 4 rings (SSSR count). The summed E-state index contributed by atoms with van der Waals surface area (Å²) in [6, 6.07) is 9.96. The van der Waals surface area contributed by atoms with Gasteiger partial charge >= 0.3 is 0 Å². The van der Waals surface area contributed by atoms with E-state index in [0.717, 1.165) is 37.9 Å². The molecule has 0 bridgehead atoms. The molecule has 0 aromatic heterocycles. The van der Waals surface area contributed by atoms with Gasteiger partial charge in [0.15, 0.2) is 11.5 Å². The largest absolute Gasteiger partial charge is 0.486 e. The lowest BCUT2D eigenvalue weighted by Gasteiger charge is -2.28. The van der Waals surface area contributed by atoms with Gasteiger partial charge in [-0.2, -0.15) is 0 Å². The summed E-state index contributed by atoms with van der Waals surface area (Å²) in [5.74, 6) is 0.986. The normalized spacial score (nSPS) is 16.6. The molecule has 8 heteroatoms. The van der Waals surface area contributed by atoms with Crippen molar-refractivity contribution in [2.24, 2.45) is 0 Å². The number of nitrogens with zero attached hydrogens (tertiary/aromatic N) is 2. The van der Waals surface area contributed by atoms with E-state index in [1.807, 2.05) is 30.0 Å². The smallest absolute Gasteiger partial charge is 0.293 e. The first-order valence-electron chi connectivity index (χ1n) is 10.3. The third-order valence-corrected chi connectivity index (χ3v) is 5.54. The van der Waals surface area contributed by atoms with Crippen molar-refractivity contribution >= 4 is 17.3 Å². The molecule has 1 amide bonds. The summed E-state index contributed by atoms with van der Waals surface area (Å²) in [7, 11) is 0. The molecule has 2 heterocycles. The van der Waals surface area contributed by atoms with Gasteiger partial charge in [-0.05, 0) is 56.0 Å². The molecule has 30 heavy (non-hydrogen) atoms. The van der Waals surface area contributed by atoms with Gasteiger partial charge in [0.1, 0.15) is 18.9 Å². The van der Waals surface area contributed by atoms with E-state index in [1.165, 1.54) is 6.07 Å². The number of fused-ring (bicyclic) bond motifs is 1. The minimum absolute atomic E-state index is 0.0310. The second-order valence-corrected chi connectivity index (χ2v) is 7.61. The molecule has 2 aromatic carbocycles. The molecule has 1 saturated heterocycles. The molecule has 8 nitrogen and oxygen atoms in total. The van der Waals surface area contributed by atoms with Crippen molar-refractivity contribution in [1.82, 2.24) is 5.32 Å². The number of piperidine rings is 1. The van der Waals surface area contributed by atoms with Gasteiger partial charge in [0, 0.05) is 24.7 Å². The molecule has 0 radical (unpaired) electrons. The van der Waals surface area contributed by atoms with E-state index >= 15 is 0 Å². The summed E-state index contributed by atoms with van der Waals surface area (Å²) in [6.07, 6.45) is 3.18. The van der Waals surface area contributed by atoms with Crippen LogP contribution in [0.2, 0.25) is 0 Å². The van der Waals surface area contributed by atoms with Crippen molar-refractivity contribution in [3.63, 3.8) is 0 Å². The van der Waals surface area contributed by atoms with Crippen LogP contribution in [0.4, 0.5) is 11.4 Å². The average Bonchev–Trinajstić information content (AvgIpc) is 2.78. The molecule has 158 valence electrons. The van der Waals surface area contributed by atoms with Gasteiger partial charge in [0.25, 0.3) is 11.6 Å². The Morgan fingerprint density at radius 1 is 1.07 bits per heavy atom. The van der Waals surface area contributed by atoms with Crippen LogP contribution in [0.25, 0.3) is 0 Å². The SMILES string of the molecule is C[C@H](NC(=O)c1ccc(N2CCCCC2)c([N+](=O)[O-])c1)c1ccc2c(c1)OCCO2. The molecule has 2 aliphatic heterocycles. The summed E-state index contributed by atoms with van der Waals surface area (Å²) >= 11 is 0. The highest BCUT2D eigenvalue weighted by Gasteiger charge is 2.24. The molecule has 0 saturated carbocycles. The van der Waals surface area contributed by atoms with Gasteiger partial charge in [0.2, 0.25) is 0 Å². The Kier molecular flexibility index (Phi) is 5.74. The highest BCUT2D eigenvalue weighted by Crippen LogP contribution is 2.33. The van der Waals surface area contributed by atoms with Crippen LogP contribution in [-0.2, 0) is 0 Å². The number of rotatable bonds is 5. The zero-order chi connectivity index (χ0) is 21.1. The van der Waals surface area contributed by atoms with Crippen LogP contribution < -0.4 is 19.7 Å². The first-order chi connectivity index (χ1) is 14.5. The summed E-state index contributed by atoms with van der Waals surface area (Å²) < 4.78 is 11.1. The maximum absolute atomic E-state index is 12.8. The maximum Gasteiger partial charge on any atom is 0.293 e. The highest BCUT2D eigenvalue weighted by atomic mass is 16.6. The monoisotopic (exact) mass is 411 g/mol. The maximum atomic E-state index is 12.8. The zero-order valence-electron chi connectivity index (χ0n) is 16.9. The summed E-state index contributed by atoms with van der Waals surface area (Å²) in [5.41, 5.74) is 1.69. The summed E-state index contributed by atoms with van der Waals surface area (Å²) in [6.45, 7) is 4.47. The second kappa shape index (κ2) is 8.61. The Morgan fingerprint density at radius 3 is 2.53 bits per heavy atom. The number of hydrogen-bond acceptors (Lipinski definition) is 6. The summed E-state index contributed by atoms with van der Waals surface area (Å²) in [4.78, 5) is 26.0. The first kappa shape index (κ1) is 20.0. The van der Waals surface area contributed by atoms with E-state index < -0.39 is 4.92 Å². The van der Waals surface area contributed by atoms with Crippen molar-refractivity contribution < 1.29 is 19.2 Å². The van der Waals surface area contributed by atoms with Crippen LogP contribution in [0, 0.1) is 10.1 Å². The lowest BCUT2D eigenvalue weighted by atomic mass is 10.1. The lowest BCUT2D eigenvalue weighted by Crippen LogP contribution is -2.30. The fourth-order valence-corrected chi connectivity index (χ4v) is 3.91. The molecule has 1 atom stereocenters. The predicted molar refractivity (Wildman–Crippen MR) is 112 cm³/mol. The molecular formula is C22H25N3O5. The first-order valence-corrected chi connectivity index (χ1v) is 10.3. The van der Waals surface area contributed by atoms with E-state index in [4.69, 9.17) is 9.47 Å². The van der Waals surface area contributed by atoms with E-state index in [1.54, 1.807) is 12.1 Å². The van der Waals surface area contributed by atoms with Gasteiger partial charge in [-0.3, -0.25) is 14.9 Å². The highest BCUT2D eigenvalue weighted by molar-refractivity contribution is 5.96. The number of nitro groups is 1. The van der Waals surface area contributed by atoms with Crippen molar-refractivity contribution in [2.75, 3.05) is 31.2 Å². The number of benzene rings is 2. The molecular weight excluding hydrogens is 386 g/mol. The Balaban J connectivity index is 1.51. The fraction of sp³-hybridized carbons (Fsp3) is 0.409. The number of ether oxygens (including phenoxy) is 2. The van der Waals surface area contributed by atoms with Crippen LogP contribution in [0.15, 0.2) is 36.4 Å². The van der Waals surface area contributed by atoms with Gasteiger partial charge in [-0.25, -0.2) is 0 Å². The van der Waals surface area contributed by atoms with Gasteiger partial charge in [0.05, 0.1) is 11.0 Å². The fourth-order valence-electron chi connectivity index (χ4n) is 3.91. The Hall–Kier alpha value is -3.29. The van der Waals surface area contributed by atoms with Crippen molar-refractivity contribution in [3.05, 3.63) is 57.6 Å². The molecule has 0 spiro atoms. The molecule has 2 aromatic rings. The van der Waals surface area contributed by atoms with Crippen LogP contribution in [-0.4, -0.2) is 37.1 Å². The van der Waals surface area contributed by atoms with Gasteiger partial charge in [-0.1, -0.05) is 6.07 Å². The molecule has 2 aliphatic rings. The topological polar surface area (TPSA) is 93.9 Å². The number of amides is 1. The Bertz CT molecular complexity index is 956. The standard InChI is InChI=1S/C22H25N3O5/c1-15(16-6-8-20-21(14-16)30-12-11-29-20)23-22(26)17-5-7-18(19(13-17)25(27)28)24-9-3-2-4-10-24/h5-8,13-15H,2-4,9-12H2,1H3,(H,23,26)/t15-/m0/s1. The molecule has 0 aliphatic carbocycles. The van der Waals surface area contributed by atoms with E-state index in [9.17, 15) is 14.9 Å². The van der Waals surface area contributed by atoms with Gasteiger partial charge in [-0.15, -0.1) is 0 Å². The van der Waals surface area contributed by atoms with Crippen LogP contribution in [0.5, 0.6) is 11.5 Å². The van der Waals surface area contributed by atoms with Crippen LogP contribution in [0.1, 0.15) is 48.1 Å². The number of anilines is 1. The number of nitrogens with one attached hydrogen (secondary N) is 1. The van der Waals surface area contributed by atoms with Gasteiger partial charge < -0.3 is 19.7 Å². The molecule has 1 fully saturated rings. The van der Waals surface area contributed by atoms with Crippen molar-refractivity contribution in [2.45, 2.75) is 32.2 Å². The zero-order valence-corrected chi connectivity index (χ0v) is 16.9. The molecule has 0 unspecified atom stereocenters. The minimum atomic E-state index is -0.412. The number of carbonyl (C=O) groups excluding carboxylic acids is 1. The van der Waals surface area contributed by atoms with Crippen LogP contribution >= 0.6 is 0 Å². The number of hydrogen-bond donors (Lipinski definition) is 1. The average molecular weight is 411 g/mol. The summed E-state index contributed by atoms with van der Waals surface area (Å²) in [5, 5.41) is 14.6. The Morgan fingerprint density at radius 2 is 1.80 bits per heavy atom. The minimum Gasteiger partial charge on any atom is -0.486 e. The van der Waals surface area contributed by atoms with Crippen LogP contribution in [0.3, 0.4) is 0 Å². The molecule has 1 N–H and O–H groups in total. The van der Waals surface area contributed by atoms with Crippen molar-refractivity contribution in [1.29, 1.82) is 0 Å². The van der Waals surface area contributed by atoms with E-state index in [2.05, 4.69) is 5.32 Å². The third-order valence-electron chi connectivity index (χ3n) is 5.54. The van der Waals surface area contributed by atoms with E-state index in [-0.39, 0.29) is 23.2 Å². The second-order valence-electron chi connectivity index (χ2n) is 7.61. The number of nitro benzene ring substituents is 1.